The van der Waals surface area contributed by atoms with E-state index in [1.165, 1.54) is 10.6 Å². The van der Waals surface area contributed by atoms with Crippen LogP contribution in [0.4, 0.5) is 0 Å². The fraction of sp³-hybridized carbons (Fsp3) is 0.312. The number of carboxylic acids is 1. The Labute approximate surface area is 148 Å². The highest BCUT2D eigenvalue weighted by atomic mass is 16.4. The molecule has 1 atom stereocenters. The molecular formula is C16H17N7O3. The molecule has 2 N–H and O–H groups in total. The van der Waals surface area contributed by atoms with Crippen LogP contribution < -0.4 is 5.32 Å². The first-order chi connectivity index (χ1) is 12.5. The second kappa shape index (κ2) is 7.21. The van der Waals surface area contributed by atoms with Gasteiger partial charge in [-0.1, -0.05) is 13.8 Å². The van der Waals surface area contributed by atoms with Crippen LogP contribution in [0.5, 0.6) is 0 Å². The van der Waals surface area contributed by atoms with Crippen molar-refractivity contribution < 1.29 is 14.7 Å². The molecule has 1 amide bonds. The molecule has 0 aliphatic rings. The Kier molecular flexibility index (Phi) is 4.83. The molecule has 3 heterocycles. The highest BCUT2D eigenvalue weighted by Gasteiger charge is 2.23. The van der Waals surface area contributed by atoms with Gasteiger partial charge in [0.2, 0.25) is 5.82 Å². The number of rotatable bonds is 6. The average Bonchev–Trinajstić information content (AvgIpc) is 3.04. The highest BCUT2D eigenvalue weighted by molar-refractivity contribution is 5.95. The second-order valence-electron chi connectivity index (χ2n) is 6.08. The molecule has 3 aromatic rings. The first-order valence-electron chi connectivity index (χ1n) is 7.99. The number of nitrogens with one attached hydrogen (secondary N) is 1. The third kappa shape index (κ3) is 3.63. The summed E-state index contributed by atoms with van der Waals surface area (Å²) in [5.74, 6) is -0.962. The van der Waals surface area contributed by atoms with Gasteiger partial charge in [-0.3, -0.25) is 4.79 Å². The lowest BCUT2D eigenvalue weighted by atomic mass is 10.0. The van der Waals surface area contributed by atoms with Gasteiger partial charge in [-0.25, -0.2) is 14.8 Å². The lowest BCUT2D eigenvalue weighted by molar-refractivity contribution is -0.139. The van der Waals surface area contributed by atoms with Gasteiger partial charge in [-0.05, 0) is 30.5 Å². The maximum atomic E-state index is 12.4. The fourth-order valence-electron chi connectivity index (χ4n) is 2.39. The smallest absolute Gasteiger partial charge is 0.326 e. The minimum atomic E-state index is -1.09. The number of aromatic nitrogens is 6. The Balaban J connectivity index is 1.91. The van der Waals surface area contributed by atoms with Gasteiger partial charge in [0.1, 0.15) is 11.7 Å². The molecule has 0 radical (unpaired) electrons. The molecular weight excluding hydrogens is 338 g/mol. The second-order valence-corrected chi connectivity index (χ2v) is 6.08. The van der Waals surface area contributed by atoms with Gasteiger partial charge in [-0.2, -0.15) is 9.61 Å². The Hall–Kier alpha value is -3.43. The molecule has 0 aliphatic heterocycles. The summed E-state index contributed by atoms with van der Waals surface area (Å²) in [6, 6.07) is 3.71. The maximum absolute atomic E-state index is 12.4. The van der Waals surface area contributed by atoms with Crippen molar-refractivity contribution in [3.05, 3.63) is 36.3 Å². The van der Waals surface area contributed by atoms with Crippen LogP contribution in [0.3, 0.4) is 0 Å². The van der Waals surface area contributed by atoms with Gasteiger partial charge in [0.25, 0.3) is 5.91 Å². The van der Waals surface area contributed by atoms with Crippen molar-refractivity contribution in [3.63, 3.8) is 0 Å². The molecule has 1 unspecified atom stereocenters. The van der Waals surface area contributed by atoms with Crippen molar-refractivity contribution in [2.45, 2.75) is 26.3 Å². The summed E-state index contributed by atoms with van der Waals surface area (Å²) in [6.45, 7) is 3.77. The van der Waals surface area contributed by atoms with E-state index < -0.39 is 17.9 Å². The van der Waals surface area contributed by atoms with Crippen LogP contribution in [0.15, 0.2) is 30.6 Å². The predicted octanol–water partition coefficient (Wildman–Crippen LogP) is 0.810. The topological polar surface area (TPSA) is 135 Å². The standard InChI is InChI=1S/C16H17N7O3/c1-9(2)8-11(16(25)26)19-15(24)10-4-5-12-20-21-14(23(12)22-10)13-17-6-3-7-18-13/h3-7,9,11H,8H2,1-2H3,(H,19,24)(H,25,26). The van der Waals surface area contributed by atoms with Gasteiger partial charge in [0.05, 0.1) is 0 Å². The highest BCUT2D eigenvalue weighted by Crippen LogP contribution is 2.13. The number of hydrogen-bond donors (Lipinski definition) is 2. The minimum absolute atomic E-state index is 0.0458. The number of nitrogens with zero attached hydrogens (tertiary/aromatic N) is 6. The number of aliphatic carboxylic acids is 1. The number of carbonyl (C=O) groups is 2. The van der Waals surface area contributed by atoms with Crippen LogP contribution in [0.25, 0.3) is 17.3 Å². The Morgan fingerprint density at radius 2 is 1.92 bits per heavy atom. The summed E-state index contributed by atoms with van der Waals surface area (Å²) in [7, 11) is 0. The molecule has 0 spiro atoms. The first kappa shape index (κ1) is 17.4. The third-order valence-corrected chi connectivity index (χ3v) is 3.57. The Bertz CT molecular complexity index is 939. The average molecular weight is 355 g/mol. The molecule has 26 heavy (non-hydrogen) atoms. The molecule has 0 aromatic carbocycles. The van der Waals surface area contributed by atoms with Gasteiger partial charge >= 0.3 is 5.97 Å². The van der Waals surface area contributed by atoms with E-state index in [1.807, 2.05) is 13.8 Å². The zero-order chi connectivity index (χ0) is 18.7. The van der Waals surface area contributed by atoms with Crippen molar-refractivity contribution in [2.24, 2.45) is 5.92 Å². The molecule has 10 nitrogen and oxygen atoms in total. The molecule has 134 valence electrons. The molecule has 0 saturated heterocycles. The molecule has 0 saturated carbocycles. The van der Waals surface area contributed by atoms with E-state index in [0.29, 0.717) is 17.9 Å². The summed E-state index contributed by atoms with van der Waals surface area (Å²) in [5.41, 5.74) is 0.463. The minimum Gasteiger partial charge on any atom is -0.480 e. The van der Waals surface area contributed by atoms with E-state index in [9.17, 15) is 14.7 Å². The zero-order valence-electron chi connectivity index (χ0n) is 14.2. The molecule has 0 fully saturated rings. The molecule has 3 rings (SSSR count). The number of fused-ring (bicyclic) bond motifs is 1. The monoisotopic (exact) mass is 355 g/mol. The van der Waals surface area contributed by atoms with E-state index in [2.05, 4.69) is 30.6 Å². The third-order valence-electron chi connectivity index (χ3n) is 3.57. The Morgan fingerprint density at radius 1 is 1.19 bits per heavy atom. The van der Waals surface area contributed by atoms with E-state index in [0.717, 1.165) is 0 Å². The van der Waals surface area contributed by atoms with Crippen LogP contribution in [0.2, 0.25) is 0 Å². The van der Waals surface area contributed by atoms with Crippen LogP contribution in [0, 0.1) is 5.92 Å². The molecule has 3 aromatic heterocycles. The molecule has 0 bridgehead atoms. The van der Waals surface area contributed by atoms with Gasteiger partial charge < -0.3 is 10.4 Å². The predicted molar refractivity (Wildman–Crippen MR) is 90.2 cm³/mol. The van der Waals surface area contributed by atoms with E-state index in [1.54, 1.807) is 24.5 Å². The quantitative estimate of drug-likeness (QED) is 0.663. The SMILES string of the molecule is CC(C)CC(NC(=O)c1ccc2nnc(-c3ncccn3)n2n1)C(=O)O. The van der Waals surface area contributed by atoms with Crippen molar-refractivity contribution in [1.29, 1.82) is 0 Å². The van der Waals surface area contributed by atoms with Crippen LogP contribution in [0.1, 0.15) is 30.8 Å². The summed E-state index contributed by atoms with van der Waals surface area (Å²) in [5, 5.41) is 23.9. The number of carbonyl (C=O) groups excluding carboxylic acids is 1. The normalized spacial score (nSPS) is 12.3. The first-order valence-corrected chi connectivity index (χ1v) is 7.99. The lowest BCUT2D eigenvalue weighted by Crippen LogP contribution is -2.42. The van der Waals surface area contributed by atoms with Gasteiger partial charge in [-0.15, -0.1) is 10.2 Å². The van der Waals surface area contributed by atoms with E-state index in [4.69, 9.17) is 0 Å². The van der Waals surface area contributed by atoms with Crippen LogP contribution in [-0.2, 0) is 4.79 Å². The van der Waals surface area contributed by atoms with Crippen molar-refractivity contribution in [2.75, 3.05) is 0 Å². The largest absolute Gasteiger partial charge is 0.480 e. The summed E-state index contributed by atoms with van der Waals surface area (Å²) < 4.78 is 1.35. The summed E-state index contributed by atoms with van der Waals surface area (Å²) in [4.78, 5) is 32.0. The van der Waals surface area contributed by atoms with E-state index >= 15 is 0 Å². The summed E-state index contributed by atoms with van der Waals surface area (Å²) >= 11 is 0. The van der Waals surface area contributed by atoms with Crippen molar-refractivity contribution >= 4 is 17.5 Å². The van der Waals surface area contributed by atoms with Crippen LogP contribution >= 0.6 is 0 Å². The molecule has 10 heteroatoms. The van der Waals surface area contributed by atoms with Crippen molar-refractivity contribution in [3.8, 4) is 11.6 Å². The van der Waals surface area contributed by atoms with Gasteiger partial charge in [0, 0.05) is 12.4 Å². The van der Waals surface area contributed by atoms with Crippen molar-refractivity contribution in [1.82, 2.24) is 35.1 Å². The Morgan fingerprint density at radius 3 is 2.58 bits per heavy atom. The number of amides is 1. The fourth-order valence-corrected chi connectivity index (χ4v) is 2.39. The van der Waals surface area contributed by atoms with E-state index in [-0.39, 0.29) is 17.4 Å². The zero-order valence-corrected chi connectivity index (χ0v) is 14.2. The summed E-state index contributed by atoms with van der Waals surface area (Å²) in [6.07, 6.45) is 3.44. The maximum Gasteiger partial charge on any atom is 0.326 e. The van der Waals surface area contributed by atoms with Crippen LogP contribution in [-0.4, -0.2) is 52.8 Å². The lowest BCUT2D eigenvalue weighted by Gasteiger charge is -2.16. The number of carboxylic acid groups (broad SMARTS) is 1. The molecule has 0 aliphatic carbocycles. The van der Waals surface area contributed by atoms with Gasteiger partial charge in [0.15, 0.2) is 11.5 Å². The number of hydrogen-bond acceptors (Lipinski definition) is 7.